The average Bonchev–Trinajstić information content (AvgIpc) is 3.08. The molecule has 0 bridgehead atoms. The molecule has 0 N–H and O–H groups in total. The zero-order valence-electron chi connectivity index (χ0n) is 15.2. The molecule has 0 spiro atoms. The molecule has 1 saturated heterocycles. The molecule has 0 aliphatic carbocycles. The molecule has 1 aliphatic heterocycles. The van der Waals surface area contributed by atoms with Crippen LogP contribution in [0.3, 0.4) is 0 Å². The van der Waals surface area contributed by atoms with E-state index in [2.05, 4.69) is 84.3 Å². The van der Waals surface area contributed by atoms with Crippen LogP contribution >= 0.6 is 11.6 Å². The van der Waals surface area contributed by atoms with E-state index in [1.54, 1.807) is 0 Å². The SMILES string of the molecule is Cc1ccc(N2CCN(c3ccc(C)cc3)C2c2cccc(Cl)c2)cc1. The third kappa shape index (κ3) is 3.30. The zero-order valence-corrected chi connectivity index (χ0v) is 15.9. The van der Waals surface area contributed by atoms with E-state index >= 15 is 0 Å². The monoisotopic (exact) mass is 362 g/mol. The van der Waals surface area contributed by atoms with E-state index in [9.17, 15) is 0 Å². The van der Waals surface area contributed by atoms with Crippen molar-refractivity contribution >= 4 is 23.0 Å². The van der Waals surface area contributed by atoms with Gasteiger partial charge in [0.25, 0.3) is 0 Å². The molecular weight excluding hydrogens is 340 g/mol. The summed E-state index contributed by atoms with van der Waals surface area (Å²) in [6.07, 6.45) is 0.138. The molecule has 0 saturated carbocycles. The molecule has 26 heavy (non-hydrogen) atoms. The number of anilines is 2. The summed E-state index contributed by atoms with van der Waals surface area (Å²) in [6, 6.07) is 25.8. The summed E-state index contributed by atoms with van der Waals surface area (Å²) in [4.78, 5) is 4.93. The molecule has 3 heteroatoms. The van der Waals surface area contributed by atoms with Gasteiger partial charge in [0.2, 0.25) is 0 Å². The zero-order chi connectivity index (χ0) is 18.1. The van der Waals surface area contributed by atoms with Gasteiger partial charge in [-0.3, -0.25) is 0 Å². The number of hydrogen-bond acceptors (Lipinski definition) is 2. The molecule has 3 aromatic carbocycles. The first kappa shape index (κ1) is 17.0. The maximum absolute atomic E-state index is 6.32. The normalized spacial score (nSPS) is 14.9. The van der Waals surface area contributed by atoms with Gasteiger partial charge in [0.05, 0.1) is 0 Å². The second kappa shape index (κ2) is 7.05. The van der Waals surface area contributed by atoms with Crippen molar-refractivity contribution in [1.29, 1.82) is 0 Å². The third-order valence-corrected chi connectivity index (χ3v) is 5.29. The summed E-state index contributed by atoms with van der Waals surface area (Å²) in [7, 11) is 0. The van der Waals surface area contributed by atoms with E-state index in [-0.39, 0.29) is 6.17 Å². The summed E-state index contributed by atoms with van der Waals surface area (Å²) in [6.45, 7) is 6.21. The lowest BCUT2D eigenvalue weighted by Gasteiger charge is -2.33. The first-order chi connectivity index (χ1) is 12.6. The number of aryl methyl sites for hydroxylation is 2. The van der Waals surface area contributed by atoms with Crippen molar-refractivity contribution in [2.45, 2.75) is 20.0 Å². The second-order valence-electron chi connectivity index (χ2n) is 6.99. The lowest BCUT2D eigenvalue weighted by atomic mass is 10.1. The van der Waals surface area contributed by atoms with Crippen LogP contribution in [0.5, 0.6) is 0 Å². The van der Waals surface area contributed by atoms with E-state index in [1.165, 1.54) is 28.1 Å². The van der Waals surface area contributed by atoms with Crippen LogP contribution < -0.4 is 9.80 Å². The van der Waals surface area contributed by atoms with Gasteiger partial charge in [-0.05, 0) is 55.8 Å². The second-order valence-corrected chi connectivity index (χ2v) is 7.42. The Labute approximate surface area is 160 Å². The van der Waals surface area contributed by atoms with Crippen LogP contribution in [0.2, 0.25) is 5.02 Å². The smallest absolute Gasteiger partial charge is 0.128 e. The van der Waals surface area contributed by atoms with E-state index in [1.807, 2.05) is 12.1 Å². The summed E-state index contributed by atoms with van der Waals surface area (Å²) < 4.78 is 0. The summed E-state index contributed by atoms with van der Waals surface area (Å²) in [5.41, 5.74) is 6.27. The van der Waals surface area contributed by atoms with Gasteiger partial charge in [0.15, 0.2) is 0 Å². The van der Waals surface area contributed by atoms with Crippen LogP contribution in [-0.4, -0.2) is 13.1 Å². The standard InChI is InChI=1S/C23H23ClN2/c1-17-6-10-21(11-7-17)25-14-15-26(22-12-8-18(2)9-13-22)23(25)19-4-3-5-20(24)16-19/h3-13,16,23H,14-15H2,1-2H3. The van der Waals surface area contributed by atoms with Gasteiger partial charge in [0.1, 0.15) is 6.17 Å². The Hall–Kier alpha value is -2.45. The van der Waals surface area contributed by atoms with E-state index in [0.29, 0.717) is 0 Å². The van der Waals surface area contributed by atoms with Crippen molar-refractivity contribution in [3.63, 3.8) is 0 Å². The summed E-state index contributed by atoms with van der Waals surface area (Å²) in [5.74, 6) is 0. The van der Waals surface area contributed by atoms with Crippen molar-refractivity contribution in [3.8, 4) is 0 Å². The van der Waals surface area contributed by atoms with Crippen molar-refractivity contribution in [3.05, 3.63) is 94.5 Å². The minimum Gasteiger partial charge on any atom is -0.346 e. The van der Waals surface area contributed by atoms with Gasteiger partial charge in [-0.25, -0.2) is 0 Å². The fourth-order valence-electron chi connectivity index (χ4n) is 3.67. The van der Waals surface area contributed by atoms with Crippen molar-refractivity contribution in [2.24, 2.45) is 0 Å². The van der Waals surface area contributed by atoms with Crippen LogP contribution in [0, 0.1) is 13.8 Å². The molecule has 1 heterocycles. The topological polar surface area (TPSA) is 6.48 Å². The first-order valence-corrected chi connectivity index (χ1v) is 9.42. The van der Waals surface area contributed by atoms with Crippen LogP contribution in [-0.2, 0) is 0 Å². The molecule has 0 atom stereocenters. The molecule has 0 aromatic heterocycles. The van der Waals surface area contributed by atoms with Gasteiger partial charge in [-0.1, -0.05) is 59.1 Å². The summed E-state index contributed by atoms with van der Waals surface area (Å²) in [5, 5.41) is 0.780. The molecule has 1 fully saturated rings. The quantitative estimate of drug-likeness (QED) is 0.565. The predicted molar refractivity (Wildman–Crippen MR) is 111 cm³/mol. The van der Waals surface area contributed by atoms with Gasteiger partial charge in [0, 0.05) is 29.5 Å². The molecule has 1 aliphatic rings. The lowest BCUT2D eigenvalue weighted by Crippen LogP contribution is -2.30. The molecule has 0 amide bonds. The van der Waals surface area contributed by atoms with E-state index in [0.717, 1.165) is 18.1 Å². The molecule has 2 nitrogen and oxygen atoms in total. The van der Waals surface area contributed by atoms with Crippen molar-refractivity contribution in [2.75, 3.05) is 22.9 Å². The Morgan fingerprint density at radius 2 is 1.23 bits per heavy atom. The highest BCUT2D eigenvalue weighted by molar-refractivity contribution is 6.30. The Morgan fingerprint density at radius 1 is 0.731 bits per heavy atom. The van der Waals surface area contributed by atoms with Crippen molar-refractivity contribution in [1.82, 2.24) is 0 Å². The molecule has 0 unspecified atom stereocenters. The van der Waals surface area contributed by atoms with E-state index < -0.39 is 0 Å². The molecule has 4 rings (SSSR count). The molecular formula is C23H23ClN2. The Bertz CT molecular complexity index is 833. The molecule has 0 radical (unpaired) electrons. The highest BCUT2D eigenvalue weighted by atomic mass is 35.5. The fourth-order valence-corrected chi connectivity index (χ4v) is 3.87. The number of rotatable bonds is 3. The first-order valence-electron chi connectivity index (χ1n) is 9.04. The highest BCUT2D eigenvalue weighted by Crippen LogP contribution is 2.38. The number of benzene rings is 3. The van der Waals surface area contributed by atoms with Crippen LogP contribution in [0.1, 0.15) is 22.9 Å². The van der Waals surface area contributed by atoms with Gasteiger partial charge >= 0.3 is 0 Å². The van der Waals surface area contributed by atoms with Crippen LogP contribution in [0.15, 0.2) is 72.8 Å². The minimum atomic E-state index is 0.138. The highest BCUT2D eigenvalue weighted by Gasteiger charge is 2.33. The number of nitrogens with zero attached hydrogens (tertiary/aromatic N) is 2. The number of hydrogen-bond donors (Lipinski definition) is 0. The van der Waals surface area contributed by atoms with Gasteiger partial charge < -0.3 is 9.80 Å². The Balaban J connectivity index is 1.77. The fraction of sp³-hybridized carbons (Fsp3) is 0.217. The molecule has 132 valence electrons. The third-order valence-electron chi connectivity index (χ3n) is 5.05. The van der Waals surface area contributed by atoms with Crippen LogP contribution in [0.25, 0.3) is 0 Å². The van der Waals surface area contributed by atoms with E-state index in [4.69, 9.17) is 11.6 Å². The van der Waals surface area contributed by atoms with Gasteiger partial charge in [-0.2, -0.15) is 0 Å². The Morgan fingerprint density at radius 3 is 1.69 bits per heavy atom. The van der Waals surface area contributed by atoms with Gasteiger partial charge in [-0.15, -0.1) is 0 Å². The van der Waals surface area contributed by atoms with Crippen LogP contribution in [0.4, 0.5) is 11.4 Å². The molecule has 3 aromatic rings. The average molecular weight is 363 g/mol. The maximum Gasteiger partial charge on any atom is 0.128 e. The summed E-state index contributed by atoms with van der Waals surface area (Å²) >= 11 is 6.32. The van der Waals surface area contributed by atoms with Crippen molar-refractivity contribution < 1.29 is 0 Å². The minimum absolute atomic E-state index is 0.138. The Kier molecular flexibility index (Phi) is 4.60. The number of halogens is 1. The maximum atomic E-state index is 6.32. The predicted octanol–water partition coefficient (Wildman–Crippen LogP) is 5.98. The lowest BCUT2D eigenvalue weighted by molar-refractivity contribution is 0.717. The largest absolute Gasteiger partial charge is 0.346 e.